The maximum Gasteiger partial charge on any atom is 0.407 e. The lowest BCUT2D eigenvalue weighted by molar-refractivity contribution is -0.126. The summed E-state index contributed by atoms with van der Waals surface area (Å²) in [6.45, 7) is 6.95. The zero-order valence-corrected chi connectivity index (χ0v) is 17.3. The van der Waals surface area contributed by atoms with Gasteiger partial charge in [0, 0.05) is 36.8 Å². The van der Waals surface area contributed by atoms with E-state index in [0.717, 1.165) is 12.8 Å². The van der Waals surface area contributed by atoms with E-state index < -0.39 is 11.7 Å². The Morgan fingerprint density at radius 2 is 1.79 bits per heavy atom. The molecule has 7 nitrogen and oxygen atoms in total. The molecule has 0 aromatic heterocycles. The van der Waals surface area contributed by atoms with Crippen molar-refractivity contribution in [3.05, 3.63) is 34.9 Å². The highest BCUT2D eigenvalue weighted by atomic mass is 35.5. The summed E-state index contributed by atoms with van der Waals surface area (Å²) in [5.74, 6) is -0.466. The molecular weight excluding hydrogens is 382 g/mol. The van der Waals surface area contributed by atoms with E-state index in [4.69, 9.17) is 16.3 Å². The number of hydrogen-bond donors (Lipinski definition) is 2. The summed E-state index contributed by atoms with van der Waals surface area (Å²) in [5, 5.41) is 5.99. The molecule has 1 fully saturated rings. The van der Waals surface area contributed by atoms with Crippen molar-refractivity contribution in [1.29, 1.82) is 0 Å². The maximum atomic E-state index is 12.6. The summed E-state index contributed by atoms with van der Waals surface area (Å²) in [7, 11) is 0. The Kier molecular flexibility index (Phi) is 7.69. The topological polar surface area (TPSA) is 87.7 Å². The van der Waals surface area contributed by atoms with Gasteiger partial charge >= 0.3 is 6.09 Å². The lowest BCUT2D eigenvalue weighted by Gasteiger charge is -2.32. The highest BCUT2D eigenvalue weighted by molar-refractivity contribution is 6.30. The average molecular weight is 410 g/mol. The van der Waals surface area contributed by atoms with Crippen molar-refractivity contribution in [3.8, 4) is 0 Å². The van der Waals surface area contributed by atoms with Gasteiger partial charge in [-0.1, -0.05) is 11.6 Å². The summed E-state index contributed by atoms with van der Waals surface area (Å²) < 4.78 is 5.14. The first-order valence-corrected chi connectivity index (χ1v) is 9.83. The summed E-state index contributed by atoms with van der Waals surface area (Å²) in [6, 6.07) is 6.74. The van der Waals surface area contributed by atoms with Gasteiger partial charge in [0.2, 0.25) is 5.91 Å². The Hall–Kier alpha value is -2.28. The predicted molar refractivity (Wildman–Crippen MR) is 107 cm³/mol. The molecule has 28 heavy (non-hydrogen) atoms. The number of likely N-dealkylation sites (tertiary alicyclic amines) is 1. The molecular formula is C20H28ClN3O4. The van der Waals surface area contributed by atoms with E-state index in [2.05, 4.69) is 10.6 Å². The van der Waals surface area contributed by atoms with Gasteiger partial charge in [-0.15, -0.1) is 0 Å². The quantitative estimate of drug-likeness (QED) is 0.732. The van der Waals surface area contributed by atoms with Crippen LogP contribution in [-0.4, -0.2) is 54.6 Å². The maximum absolute atomic E-state index is 12.6. The monoisotopic (exact) mass is 409 g/mol. The third kappa shape index (κ3) is 7.03. The molecule has 0 bridgehead atoms. The van der Waals surface area contributed by atoms with E-state index in [9.17, 15) is 14.4 Å². The zero-order valence-electron chi connectivity index (χ0n) is 16.6. The van der Waals surface area contributed by atoms with Crippen LogP contribution in [0.3, 0.4) is 0 Å². The Balaban J connectivity index is 1.77. The van der Waals surface area contributed by atoms with Gasteiger partial charge in [-0.2, -0.15) is 0 Å². The Bertz CT molecular complexity index is 700. The minimum absolute atomic E-state index is 0.0965. The van der Waals surface area contributed by atoms with Crippen LogP contribution in [-0.2, 0) is 9.53 Å². The normalized spacial score (nSPS) is 17.0. The van der Waals surface area contributed by atoms with E-state index in [1.54, 1.807) is 49.9 Å². The van der Waals surface area contributed by atoms with Crippen LogP contribution in [0.2, 0.25) is 5.02 Å². The number of amides is 3. The molecule has 1 saturated heterocycles. The third-order valence-corrected chi connectivity index (χ3v) is 4.51. The van der Waals surface area contributed by atoms with Crippen molar-refractivity contribution in [2.45, 2.75) is 39.2 Å². The molecule has 1 atom stereocenters. The van der Waals surface area contributed by atoms with Crippen LogP contribution in [0.4, 0.5) is 4.79 Å². The van der Waals surface area contributed by atoms with E-state index in [1.165, 1.54) is 0 Å². The number of nitrogens with zero attached hydrogens (tertiary/aromatic N) is 1. The number of halogens is 1. The second-order valence-corrected chi connectivity index (χ2v) is 8.25. The molecule has 3 amide bonds. The van der Waals surface area contributed by atoms with Crippen LogP contribution in [0.1, 0.15) is 44.0 Å². The summed E-state index contributed by atoms with van der Waals surface area (Å²) >= 11 is 5.87. The molecule has 2 rings (SSSR count). The molecule has 2 N–H and O–H groups in total. The molecule has 1 aliphatic heterocycles. The second kappa shape index (κ2) is 9.78. The van der Waals surface area contributed by atoms with Gasteiger partial charge in [-0.3, -0.25) is 9.59 Å². The number of nitrogens with one attached hydrogen (secondary N) is 2. The minimum Gasteiger partial charge on any atom is -0.444 e. The number of carbonyl (C=O) groups is 3. The Morgan fingerprint density at radius 1 is 1.14 bits per heavy atom. The lowest BCUT2D eigenvalue weighted by atomic mass is 9.96. The van der Waals surface area contributed by atoms with Gasteiger partial charge in [0.1, 0.15) is 5.60 Å². The summed E-state index contributed by atoms with van der Waals surface area (Å²) in [4.78, 5) is 38.3. The molecule has 8 heteroatoms. The van der Waals surface area contributed by atoms with Crippen molar-refractivity contribution < 1.29 is 19.1 Å². The molecule has 0 spiro atoms. The van der Waals surface area contributed by atoms with Crippen LogP contribution in [0.25, 0.3) is 0 Å². The van der Waals surface area contributed by atoms with Gasteiger partial charge in [0.15, 0.2) is 0 Å². The second-order valence-electron chi connectivity index (χ2n) is 7.82. The van der Waals surface area contributed by atoms with E-state index in [1.807, 2.05) is 0 Å². The molecule has 1 aromatic carbocycles. The predicted octanol–water partition coefficient (Wildman–Crippen LogP) is 2.83. The van der Waals surface area contributed by atoms with Crippen molar-refractivity contribution in [2.75, 3.05) is 26.2 Å². The number of ether oxygens (including phenoxy) is 1. The number of hydrogen-bond acceptors (Lipinski definition) is 4. The molecule has 0 radical (unpaired) electrons. The molecule has 154 valence electrons. The fourth-order valence-electron chi connectivity index (χ4n) is 2.96. The highest BCUT2D eigenvalue weighted by Gasteiger charge is 2.28. The van der Waals surface area contributed by atoms with E-state index >= 15 is 0 Å². The third-order valence-electron chi connectivity index (χ3n) is 4.26. The molecule has 1 unspecified atom stereocenters. The fraction of sp³-hybridized carbons (Fsp3) is 0.550. The van der Waals surface area contributed by atoms with Crippen LogP contribution in [0, 0.1) is 5.92 Å². The number of alkyl carbamates (subject to hydrolysis) is 1. The Labute approximate surface area is 170 Å². The highest BCUT2D eigenvalue weighted by Crippen LogP contribution is 2.19. The van der Waals surface area contributed by atoms with Crippen LogP contribution >= 0.6 is 11.6 Å². The van der Waals surface area contributed by atoms with E-state index in [-0.39, 0.29) is 24.3 Å². The molecule has 1 heterocycles. The van der Waals surface area contributed by atoms with Crippen LogP contribution < -0.4 is 10.6 Å². The summed E-state index contributed by atoms with van der Waals surface area (Å²) in [6.07, 6.45) is 0.989. The number of rotatable bonds is 5. The van der Waals surface area contributed by atoms with Gasteiger partial charge in [0.05, 0.1) is 5.92 Å². The molecule has 0 saturated carbocycles. The van der Waals surface area contributed by atoms with Crippen molar-refractivity contribution in [2.24, 2.45) is 5.92 Å². The molecule has 1 aromatic rings. The van der Waals surface area contributed by atoms with Gasteiger partial charge < -0.3 is 20.3 Å². The summed E-state index contributed by atoms with van der Waals surface area (Å²) in [5.41, 5.74) is 0.00205. The smallest absolute Gasteiger partial charge is 0.407 e. The first-order valence-electron chi connectivity index (χ1n) is 9.45. The lowest BCUT2D eigenvalue weighted by Crippen LogP contribution is -2.46. The van der Waals surface area contributed by atoms with E-state index in [0.29, 0.717) is 30.2 Å². The molecule has 0 aliphatic carbocycles. The van der Waals surface area contributed by atoms with Crippen LogP contribution in [0.5, 0.6) is 0 Å². The average Bonchev–Trinajstić information content (AvgIpc) is 2.64. The largest absolute Gasteiger partial charge is 0.444 e. The number of carbonyl (C=O) groups excluding carboxylic acids is 3. The number of benzene rings is 1. The standard InChI is InChI=1S/C20H28ClN3O4/c1-20(2,3)28-19(27)23-11-10-22-17(25)15-5-4-12-24(13-15)18(26)14-6-8-16(21)9-7-14/h6-9,15H,4-5,10-13H2,1-3H3,(H,22,25)(H,23,27). The van der Waals surface area contributed by atoms with Crippen molar-refractivity contribution in [1.82, 2.24) is 15.5 Å². The van der Waals surface area contributed by atoms with Gasteiger partial charge in [0.25, 0.3) is 5.91 Å². The zero-order chi connectivity index (χ0) is 20.7. The number of piperidine rings is 1. The SMILES string of the molecule is CC(C)(C)OC(=O)NCCNC(=O)C1CCCN(C(=O)c2ccc(Cl)cc2)C1. The fourth-order valence-corrected chi connectivity index (χ4v) is 3.09. The first-order chi connectivity index (χ1) is 13.2. The van der Waals surface area contributed by atoms with Gasteiger partial charge in [-0.05, 0) is 57.9 Å². The Morgan fingerprint density at radius 3 is 2.43 bits per heavy atom. The van der Waals surface area contributed by atoms with Crippen LogP contribution in [0.15, 0.2) is 24.3 Å². The van der Waals surface area contributed by atoms with Gasteiger partial charge in [-0.25, -0.2) is 4.79 Å². The van der Waals surface area contributed by atoms with Crippen molar-refractivity contribution in [3.63, 3.8) is 0 Å². The van der Waals surface area contributed by atoms with Crippen molar-refractivity contribution >= 4 is 29.5 Å². The first kappa shape index (κ1) is 22.0. The minimum atomic E-state index is -0.560. The molecule has 1 aliphatic rings.